The van der Waals surface area contributed by atoms with Gasteiger partial charge in [0.05, 0.1) is 12.2 Å². The molecular formula is C26H32F2O3. The van der Waals surface area contributed by atoms with Crippen LogP contribution in [0.2, 0.25) is 0 Å². The van der Waals surface area contributed by atoms with Crippen LogP contribution in [0.25, 0.3) is 0 Å². The highest BCUT2D eigenvalue weighted by molar-refractivity contribution is 5.91. The average molecular weight is 431 g/mol. The molecule has 0 N–H and O–H groups in total. The first-order valence-electron chi connectivity index (χ1n) is 11.5. The van der Waals surface area contributed by atoms with Gasteiger partial charge in [-0.1, -0.05) is 64.0 Å². The van der Waals surface area contributed by atoms with E-state index >= 15 is 0 Å². The Bertz CT molecular complexity index is 842. The van der Waals surface area contributed by atoms with E-state index in [0.717, 1.165) is 32.1 Å². The molecule has 3 rings (SSSR count). The molecule has 168 valence electrons. The monoisotopic (exact) mass is 430 g/mol. The van der Waals surface area contributed by atoms with Crippen LogP contribution in [0.1, 0.15) is 93.0 Å². The maximum atomic E-state index is 14.4. The number of ether oxygens (including phenoxy) is 2. The van der Waals surface area contributed by atoms with Crippen molar-refractivity contribution < 1.29 is 23.0 Å². The SMILES string of the molecule is CCCCCCCOc1ccc(C(=O)Oc2ccc(C3CCCCC3)cc2)c(F)c1F. The summed E-state index contributed by atoms with van der Waals surface area (Å²) in [7, 11) is 0. The van der Waals surface area contributed by atoms with Crippen LogP contribution in [0.5, 0.6) is 11.5 Å². The van der Waals surface area contributed by atoms with Gasteiger partial charge in [-0.3, -0.25) is 0 Å². The van der Waals surface area contributed by atoms with E-state index in [-0.39, 0.29) is 5.75 Å². The molecule has 0 aromatic heterocycles. The predicted molar refractivity (Wildman–Crippen MR) is 118 cm³/mol. The second-order valence-corrected chi connectivity index (χ2v) is 8.30. The van der Waals surface area contributed by atoms with Gasteiger partial charge in [-0.25, -0.2) is 9.18 Å². The Labute approximate surface area is 183 Å². The van der Waals surface area contributed by atoms with E-state index < -0.39 is 23.2 Å². The number of carbonyl (C=O) groups excluding carboxylic acids is 1. The fourth-order valence-corrected chi connectivity index (χ4v) is 4.09. The molecule has 2 aromatic rings. The smallest absolute Gasteiger partial charge is 0.346 e. The van der Waals surface area contributed by atoms with Crippen molar-refractivity contribution in [3.05, 3.63) is 59.2 Å². The first-order chi connectivity index (χ1) is 15.1. The third-order valence-electron chi connectivity index (χ3n) is 5.94. The second kappa shape index (κ2) is 11.8. The standard InChI is InChI=1S/C26H32F2O3/c1-2-3-4-5-9-18-30-23-17-16-22(24(27)25(23)28)26(29)31-21-14-12-20(13-15-21)19-10-7-6-8-11-19/h12-17,19H,2-11,18H2,1H3. The summed E-state index contributed by atoms with van der Waals surface area (Å²) in [6.07, 6.45) is 11.3. The first-order valence-corrected chi connectivity index (χ1v) is 11.5. The highest BCUT2D eigenvalue weighted by Gasteiger charge is 2.21. The Hall–Kier alpha value is -2.43. The van der Waals surface area contributed by atoms with Crippen molar-refractivity contribution in [2.45, 2.75) is 77.0 Å². The number of rotatable bonds is 10. The van der Waals surface area contributed by atoms with Crippen LogP contribution in [0.3, 0.4) is 0 Å². The molecule has 0 unspecified atom stereocenters. The van der Waals surface area contributed by atoms with Crippen LogP contribution >= 0.6 is 0 Å². The third kappa shape index (κ3) is 6.52. The molecule has 0 bridgehead atoms. The molecule has 0 heterocycles. The van der Waals surface area contributed by atoms with Gasteiger partial charge in [0.2, 0.25) is 5.82 Å². The number of benzene rings is 2. The van der Waals surface area contributed by atoms with Gasteiger partial charge in [0.1, 0.15) is 5.75 Å². The van der Waals surface area contributed by atoms with Gasteiger partial charge in [-0.15, -0.1) is 0 Å². The van der Waals surface area contributed by atoms with Crippen molar-refractivity contribution in [3.63, 3.8) is 0 Å². The van der Waals surface area contributed by atoms with E-state index in [4.69, 9.17) is 9.47 Å². The maximum absolute atomic E-state index is 14.4. The molecule has 2 aromatic carbocycles. The predicted octanol–water partition coefficient (Wildman–Crippen LogP) is 7.58. The summed E-state index contributed by atoms with van der Waals surface area (Å²) in [6, 6.07) is 9.83. The van der Waals surface area contributed by atoms with Crippen molar-refractivity contribution in [3.8, 4) is 11.5 Å². The van der Waals surface area contributed by atoms with Gasteiger partial charge in [0, 0.05) is 0 Å². The van der Waals surface area contributed by atoms with Crippen molar-refractivity contribution in [1.82, 2.24) is 0 Å². The van der Waals surface area contributed by atoms with Crippen LogP contribution < -0.4 is 9.47 Å². The van der Waals surface area contributed by atoms with Crippen molar-refractivity contribution >= 4 is 5.97 Å². The minimum Gasteiger partial charge on any atom is -0.490 e. The zero-order chi connectivity index (χ0) is 22.1. The minimum absolute atomic E-state index is 0.179. The third-order valence-corrected chi connectivity index (χ3v) is 5.94. The Morgan fingerprint density at radius 3 is 2.32 bits per heavy atom. The van der Waals surface area contributed by atoms with Crippen LogP contribution in [0, 0.1) is 11.6 Å². The van der Waals surface area contributed by atoms with E-state index in [1.54, 1.807) is 12.1 Å². The number of hydrogen-bond donors (Lipinski definition) is 0. The molecule has 3 nitrogen and oxygen atoms in total. The number of carbonyl (C=O) groups is 1. The normalized spacial score (nSPS) is 14.4. The Morgan fingerprint density at radius 1 is 0.903 bits per heavy atom. The summed E-state index contributed by atoms with van der Waals surface area (Å²) >= 11 is 0. The Morgan fingerprint density at radius 2 is 1.61 bits per heavy atom. The molecule has 0 spiro atoms. The Balaban J connectivity index is 1.56. The van der Waals surface area contributed by atoms with Crippen LogP contribution in [0.15, 0.2) is 36.4 Å². The highest BCUT2D eigenvalue weighted by Crippen LogP contribution is 2.33. The van der Waals surface area contributed by atoms with E-state index in [1.807, 2.05) is 12.1 Å². The van der Waals surface area contributed by atoms with E-state index in [1.165, 1.54) is 49.8 Å². The van der Waals surface area contributed by atoms with Crippen LogP contribution in [-0.4, -0.2) is 12.6 Å². The fraction of sp³-hybridized carbons (Fsp3) is 0.500. The van der Waals surface area contributed by atoms with Gasteiger partial charge in [0.25, 0.3) is 0 Å². The summed E-state index contributed by atoms with van der Waals surface area (Å²) in [5.41, 5.74) is 0.789. The number of unbranched alkanes of at least 4 members (excludes halogenated alkanes) is 4. The maximum Gasteiger partial charge on any atom is 0.346 e. The summed E-state index contributed by atoms with van der Waals surface area (Å²) < 4.78 is 39.4. The van der Waals surface area contributed by atoms with Gasteiger partial charge < -0.3 is 9.47 Å². The van der Waals surface area contributed by atoms with Crippen molar-refractivity contribution in [2.24, 2.45) is 0 Å². The molecule has 31 heavy (non-hydrogen) atoms. The summed E-state index contributed by atoms with van der Waals surface area (Å²) in [4.78, 5) is 12.4. The fourth-order valence-electron chi connectivity index (χ4n) is 4.09. The number of hydrogen-bond acceptors (Lipinski definition) is 3. The molecule has 0 atom stereocenters. The molecular weight excluding hydrogens is 398 g/mol. The van der Waals surface area contributed by atoms with Crippen LogP contribution in [-0.2, 0) is 0 Å². The molecule has 1 fully saturated rings. The largest absolute Gasteiger partial charge is 0.490 e. The molecule has 0 saturated heterocycles. The summed E-state index contributed by atoms with van der Waals surface area (Å²) in [5.74, 6) is -2.64. The highest BCUT2D eigenvalue weighted by atomic mass is 19.2. The van der Waals surface area contributed by atoms with Gasteiger partial charge in [-0.2, -0.15) is 4.39 Å². The topological polar surface area (TPSA) is 35.5 Å². The van der Waals surface area contributed by atoms with Crippen LogP contribution in [0.4, 0.5) is 8.78 Å². The van der Waals surface area contributed by atoms with Gasteiger partial charge in [0.15, 0.2) is 11.6 Å². The lowest BCUT2D eigenvalue weighted by Crippen LogP contribution is -2.13. The minimum atomic E-state index is -1.24. The van der Waals surface area contributed by atoms with Gasteiger partial charge >= 0.3 is 5.97 Å². The zero-order valence-corrected chi connectivity index (χ0v) is 18.3. The molecule has 5 heteroatoms. The quantitative estimate of drug-likeness (QED) is 0.221. The lowest BCUT2D eigenvalue weighted by Gasteiger charge is -2.22. The lowest BCUT2D eigenvalue weighted by molar-refractivity contribution is 0.0728. The van der Waals surface area contributed by atoms with Crippen molar-refractivity contribution in [1.29, 1.82) is 0 Å². The molecule has 1 saturated carbocycles. The van der Waals surface area contributed by atoms with E-state index in [0.29, 0.717) is 18.3 Å². The molecule has 0 amide bonds. The summed E-state index contributed by atoms with van der Waals surface area (Å²) in [6.45, 7) is 2.45. The second-order valence-electron chi connectivity index (χ2n) is 8.30. The van der Waals surface area contributed by atoms with E-state index in [2.05, 4.69) is 6.92 Å². The Kier molecular flexibility index (Phi) is 8.86. The average Bonchev–Trinajstić information content (AvgIpc) is 2.80. The van der Waals surface area contributed by atoms with Crippen molar-refractivity contribution in [2.75, 3.05) is 6.61 Å². The van der Waals surface area contributed by atoms with E-state index in [9.17, 15) is 13.6 Å². The first kappa shape index (κ1) is 23.2. The molecule has 1 aliphatic carbocycles. The molecule has 0 aliphatic heterocycles. The zero-order valence-electron chi connectivity index (χ0n) is 18.3. The molecule has 1 aliphatic rings. The number of esters is 1. The summed E-state index contributed by atoms with van der Waals surface area (Å²) in [5, 5.41) is 0. The molecule has 0 radical (unpaired) electrons. The number of halogens is 2. The lowest BCUT2D eigenvalue weighted by atomic mass is 9.84. The van der Waals surface area contributed by atoms with Gasteiger partial charge in [-0.05, 0) is 55.0 Å².